The van der Waals surface area contributed by atoms with Crippen molar-refractivity contribution in [3.05, 3.63) is 0 Å². The monoisotopic (exact) mass is 299 g/mol. The lowest BCUT2D eigenvalue weighted by atomic mass is 10.2. The summed E-state index contributed by atoms with van der Waals surface area (Å²) in [6.07, 6.45) is 0. The fourth-order valence-corrected chi connectivity index (χ4v) is 2.23. The predicted molar refractivity (Wildman–Crippen MR) is 82.0 cm³/mol. The molecule has 1 heterocycles. The van der Waals surface area contributed by atoms with Gasteiger partial charge in [0.25, 0.3) is 0 Å². The molecule has 6 heteroatoms. The maximum atomic E-state index is 11.8. The number of ether oxygens (including phenoxy) is 1. The van der Waals surface area contributed by atoms with E-state index >= 15 is 0 Å². The quantitative estimate of drug-likeness (QED) is 0.748. The van der Waals surface area contributed by atoms with Crippen LogP contribution in [0.5, 0.6) is 0 Å². The number of carbonyl (C=O) groups excluding carboxylic acids is 2. The highest BCUT2D eigenvalue weighted by atomic mass is 16.6. The number of hydrogen-bond acceptors (Lipinski definition) is 5. The molecule has 0 aromatic carbocycles. The lowest BCUT2D eigenvalue weighted by Gasteiger charge is -2.34. The highest BCUT2D eigenvalue weighted by Gasteiger charge is 2.23. The van der Waals surface area contributed by atoms with Crippen molar-refractivity contribution in [3.63, 3.8) is 0 Å². The van der Waals surface area contributed by atoms with Crippen LogP contribution in [-0.2, 0) is 14.3 Å². The zero-order valence-electron chi connectivity index (χ0n) is 13.9. The third-order valence-corrected chi connectivity index (χ3v) is 3.05. The number of nitrogens with zero attached hydrogens (tertiary/aromatic N) is 2. The summed E-state index contributed by atoms with van der Waals surface area (Å²) in [7, 11) is 0. The number of carbonyl (C=O) groups is 2. The van der Waals surface area contributed by atoms with Crippen LogP contribution in [0, 0.1) is 0 Å². The molecule has 1 rings (SSSR count). The Labute approximate surface area is 127 Å². The Hall–Kier alpha value is -1.14. The lowest BCUT2D eigenvalue weighted by molar-refractivity contribution is -0.156. The topological polar surface area (TPSA) is 61.9 Å². The molecule has 1 amide bonds. The van der Waals surface area contributed by atoms with Gasteiger partial charge in [0.05, 0.1) is 13.1 Å². The van der Waals surface area contributed by atoms with Crippen molar-refractivity contribution in [1.82, 2.24) is 15.1 Å². The van der Waals surface area contributed by atoms with Crippen LogP contribution >= 0.6 is 0 Å². The van der Waals surface area contributed by atoms with Crippen LogP contribution in [-0.4, -0.2) is 72.6 Å². The minimum Gasteiger partial charge on any atom is -0.459 e. The average Bonchev–Trinajstić information content (AvgIpc) is 2.27. The Morgan fingerprint density at radius 2 is 1.52 bits per heavy atom. The molecular formula is C15H29N3O3. The van der Waals surface area contributed by atoms with Gasteiger partial charge >= 0.3 is 5.97 Å². The van der Waals surface area contributed by atoms with Gasteiger partial charge in [0.1, 0.15) is 5.60 Å². The average molecular weight is 299 g/mol. The van der Waals surface area contributed by atoms with E-state index in [1.165, 1.54) is 0 Å². The van der Waals surface area contributed by atoms with Gasteiger partial charge in [-0.25, -0.2) is 0 Å². The van der Waals surface area contributed by atoms with Gasteiger partial charge in [-0.2, -0.15) is 0 Å². The van der Waals surface area contributed by atoms with E-state index in [4.69, 9.17) is 4.74 Å². The van der Waals surface area contributed by atoms with E-state index in [9.17, 15) is 9.59 Å². The van der Waals surface area contributed by atoms with Gasteiger partial charge in [-0.1, -0.05) is 0 Å². The minimum absolute atomic E-state index is 0.0607. The largest absolute Gasteiger partial charge is 0.459 e. The van der Waals surface area contributed by atoms with Crippen molar-refractivity contribution in [1.29, 1.82) is 0 Å². The van der Waals surface area contributed by atoms with Gasteiger partial charge in [0.2, 0.25) is 5.91 Å². The predicted octanol–water partition coefficient (Wildman–Crippen LogP) is 0.470. The van der Waals surface area contributed by atoms with Gasteiger partial charge in [-0.05, 0) is 34.6 Å². The van der Waals surface area contributed by atoms with Gasteiger partial charge in [0, 0.05) is 32.2 Å². The Bertz CT molecular complexity index is 356. The molecular weight excluding hydrogens is 270 g/mol. The van der Waals surface area contributed by atoms with Gasteiger partial charge in [-0.15, -0.1) is 0 Å². The van der Waals surface area contributed by atoms with Crippen molar-refractivity contribution in [2.75, 3.05) is 39.3 Å². The highest BCUT2D eigenvalue weighted by Crippen LogP contribution is 2.08. The van der Waals surface area contributed by atoms with Crippen LogP contribution in [0.2, 0.25) is 0 Å². The van der Waals surface area contributed by atoms with Crippen LogP contribution in [0.3, 0.4) is 0 Å². The molecule has 0 unspecified atom stereocenters. The molecule has 0 spiro atoms. The van der Waals surface area contributed by atoms with Crippen LogP contribution in [0.15, 0.2) is 0 Å². The number of amides is 1. The second-order valence-electron chi connectivity index (χ2n) is 6.86. The first-order valence-corrected chi connectivity index (χ1v) is 7.61. The summed E-state index contributed by atoms with van der Waals surface area (Å²) in [5.74, 6) is -0.126. The molecule has 1 N–H and O–H groups in total. The molecule has 6 nitrogen and oxygen atoms in total. The third kappa shape index (κ3) is 8.02. The smallest absolute Gasteiger partial charge is 0.320 e. The SMILES string of the molecule is CC(C)NC(=O)CN1CCN(CC(=O)OC(C)(C)C)CC1. The molecule has 21 heavy (non-hydrogen) atoms. The summed E-state index contributed by atoms with van der Waals surface area (Å²) in [4.78, 5) is 27.7. The Kier molecular flexibility index (Phi) is 6.61. The first-order chi connectivity index (χ1) is 9.65. The van der Waals surface area contributed by atoms with Crippen LogP contribution in [0.1, 0.15) is 34.6 Å². The first kappa shape index (κ1) is 17.9. The van der Waals surface area contributed by atoms with Crippen molar-refractivity contribution in [2.45, 2.75) is 46.3 Å². The van der Waals surface area contributed by atoms with Crippen molar-refractivity contribution in [3.8, 4) is 0 Å². The van der Waals surface area contributed by atoms with Crippen LogP contribution in [0.25, 0.3) is 0 Å². The molecule has 0 aliphatic carbocycles. The fourth-order valence-electron chi connectivity index (χ4n) is 2.23. The number of esters is 1. The maximum Gasteiger partial charge on any atom is 0.320 e. The second kappa shape index (κ2) is 7.75. The zero-order valence-corrected chi connectivity index (χ0v) is 13.9. The summed E-state index contributed by atoms with van der Waals surface area (Å²) in [5, 5.41) is 2.89. The first-order valence-electron chi connectivity index (χ1n) is 7.61. The minimum atomic E-state index is -0.437. The molecule has 1 fully saturated rings. The maximum absolute atomic E-state index is 11.8. The van der Waals surface area contributed by atoms with E-state index < -0.39 is 5.60 Å². The van der Waals surface area contributed by atoms with Crippen LogP contribution in [0.4, 0.5) is 0 Å². The van der Waals surface area contributed by atoms with E-state index in [1.54, 1.807) is 0 Å². The summed E-state index contributed by atoms with van der Waals surface area (Å²) in [6.45, 7) is 13.4. The van der Waals surface area contributed by atoms with Crippen LogP contribution < -0.4 is 5.32 Å². The molecule has 0 atom stereocenters. The lowest BCUT2D eigenvalue weighted by Crippen LogP contribution is -2.51. The molecule has 0 saturated carbocycles. The zero-order chi connectivity index (χ0) is 16.0. The van der Waals surface area contributed by atoms with E-state index in [0.717, 1.165) is 26.2 Å². The molecule has 1 aliphatic rings. The summed E-state index contributed by atoms with van der Waals surface area (Å²) in [5.41, 5.74) is -0.437. The normalized spacial score (nSPS) is 17.8. The van der Waals surface area contributed by atoms with E-state index in [-0.39, 0.29) is 17.9 Å². The third-order valence-electron chi connectivity index (χ3n) is 3.05. The van der Waals surface area contributed by atoms with Gasteiger partial charge in [-0.3, -0.25) is 19.4 Å². The number of nitrogens with one attached hydrogen (secondary N) is 1. The molecule has 122 valence electrons. The molecule has 0 radical (unpaired) electrons. The summed E-state index contributed by atoms with van der Waals surface area (Å²) < 4.78 is 5.32. The number of piperazine rings is 1. The van der Waals surface area contributed by atoms with Gasteiger partial charge < -0.3 is 10.1 Å². The van der Waals surface area contributed by atoms with Crippen molar-refractivity contribution in [2.24, 2.45) is 0 Å². The highest BCUT2D eigenvalue weighted by molar-refractivity contribution is 5.78. The molecule has 0 aromatic rings. The number of hydrogen-bond donors (Lipinski definition) is 1. The second-order valence-corrected chi connectivity index (χ2v) is 6.86. The van der Waals surface area contributed by atoms with Crippen molar-refractivity contribution < 1.29 is 14.3 Å². The fraction of sp³-hybridized carbons (Fsp3) is 0.867. The molecule has 0 aromatic heterocycles. The van der Waals surface area contributed by atoms with E-state index in [2.05, 4.69) is 15.1 Å². The number of rotatable bonds is 5. The Morgan fingerprint density at radius 1 is 1.05 bits per heavy atom. The Balaban J connectivity index is 2.26. The summed E-state index contributed by atoms with van der Waals surface area (Å²) >= 11 is 0. The van der Waals surface area contributed by atoms with E-state index in [0.29, 0.717) is 13.1 Å². The standard InChI is InChI=1S/C15H29N3O3/c1-12(2)16-13(19)10-17-6-8-18(9-7-17)11-14(20)21-15(3,4)5/h12H,6-11H2,1-5H3,(H,16,19). The molecule has 1 aliphatic heterocycles. The molecule has 0 bridgehead atoms. The van der Waals surface area contributed by atoms with Crippen molar-refractivity contribution >= 4 is 11.9 Å². The summed E-state index contributed by atoms with van der Waals surface area (Å²) in [6, 6.07) is 0.172. The van der Waals surface area contributed by atoms with Gasteiger partial charge in [0.15, 0.2) is 0 Å². The Morgan fingerprint density at radius 3 is 1.95 bits per heavy atom. The molecule has 1 saturated heterocycles. The van der Waals surface area contributed by atoms with E-state index in [1.807, 2.05) is 34.6 Å².